The maximum Gasteiger partial charge on any atom is 0.296 e. The first-order valence-electron chi connectivity index (χ1n) is 22.4. The molecule has 0 unspecified atom stereocenters. The number of fused-ring (bicyclic) bond motifs is 2. The van der Waals surface area contributed by atoms with Crippen LogP contribution in [0.25, 0.3) is 11.0 Å². The third kappa shape index (κ3) is 12.2. The van der Waals surface area contributed by atoms with E-state index in [0.717, 1.165) is 42.7 Å². The Labute approximate surface area is 392 Å². The van der Waals surface area contributed by atoms with E-state index in [1.165, 1.54) is 16.8 Å². The van der Waals surface area contributed by atoms with Gasteiger partial charge in [-0.3, -0.25) is 29.1 Å². The van der Waals surface area contributed by atoms with Crippen molar-refractivity contribution in [1.29, 1.82) is 0 Å². The number of amides is 5. The molecular formula is C49H52N12O7. The first-order chi connectivity index (χ1) is 33.2. The van der Waals surface area contributed by atoms with E-state index in [1.807, 2.05) is 24.3 Å². The average Bonchev–Trinajstić information content (AvgIpc) is 3.98. The Bertz CT molecular complexity index is 2810. The van der Waals surface area contributed by atoms with E-state index in [9.17, 15) is 24.0 Å². The number of para-hydroxylation sites is 2. The first-order valence-corrected chi connectivity index (χ1v) is 22.4. The van der Waals surface area contributed by atoms with Gasteiger partial charge in [0.05, 0.1) is 24.5 Å². The summed E-state index contributed by atoms with van der Waals surface area (Å²) in [6, 6.07) is 25.5. The Balaban J connectivity index is 0.682. The molecule has 1 saturated heterocycles. The van der Waals surface area contributed by atoms with Gasteiger partial charge >= 0.3 is 0 Å². The van der Waals surface area contributed by atoms with Gasteiger partial charge in [0.1, 0.15) is 36.4 Å². The van der Waals surface area contributed by atoms with Crippen molar-refractivity contribution in [3.8, 4) is 17.6 Å². The number of carbonyl (C=O) groups excluding carboxylic acids is 5. The van der Waals surface area contributed by atoms with Crippen LogP contribution in [0.4, 0.5) is 11.4 Å². The monoisotopic (exact) mass is 920 g/mol. The second kappa shape index (κ2) is 22.4. The minimum atomic E-state index is -0.922. The summed E-state index contributed by atoms with van der Waals surface area (Å²) in [5.41, 5.74) is 5.52. The molecule has 68 heavy (non-hydrogen) atoms. The van der Waals surface area contributed by atoms with Crippen molar-refractivity contribution in [2.24, 2.45) is 0 Å². The lowest BCUT2D eigenvalue weighted by Gasteiger charge is -2.29. The van der Waals surface area contributed by atoms with E-state index in [-0.39, 0.29) is 63.0 Å². The topological polar surface area (TPSA) is 230 Å². The fraction of sp³-hybridized carbons (Fsp3) is 0.306. The third-order valence-electron chi connectivity index (χ3n) is 11.3. The van der Waals surface area contributed by atoms with Gasteiger partial charge in [-0.2, -0.15) is 0 Å². The average molecular weight is 921 g/mol. The van der Waals surface area contributed by atoms with Crippen molar-refractivity contribution in [1.82, 2.24) is 51.3 Å². The van der Waals surface area contributed by atoms with Crippen LogP contribution in [0.15, 0.2) is 97.3 Å². The van der Waals surface area contributed by atoms with Gasteiger partial charge in [-0.1, -0.05) is 42.3 Å². The zero-order valence-electron chi connectivity index (χ0n) is 37.5. The Kier molecular flexibility index (Phi) is 15.3. The number of H-pyrrole nitrogens is 1. The van der Waals surface area contributed by atoms with Crippen LogP contribution in [0, 0.1) is 11.8 Å². The summed E-state index contributed by atoms with van der Waals surface area (Å²) < 4.78 is 13.0. The van der Waals surface area contributed by atoms with Crippen molar-refractivity contribution in [3.05, 3.63) is 131 Å². The molecule has 5 heterocycles. The van der Waals surface area contributed by atoms with Crippen LogP contribution in [0.1, 0.15) is 43.5 Å². The number of aromatic nitrogens is 5. The molecule has 0 saturated carbocycles. The standard InChI is InChI=1S/C49H52N12O7/c1-59-40-4-2-3-5-41(40)68-32-39(49(59)66)55-48(65)45-56-42(57-58-45)28-35-8-6-33(7-9-35)12-15-43(62)51-21-26-67-27-22-52-44(63)31-61-23-17-36-29-37(30-54-46(36)61)47(64)53-18-16-34-10-13-38(14-11-34)60-24-19-50-20-25-60/h2-11,13-14,17,23,29-30,39,50H,16,18-22,24-28,31-32H2,1H3,(H,51,62)(H,52,63)(H,53,64)(H,55,65)(H,56,57,58)/t39-/m0/s1. The van der Waals surface area contributed by atoms with Gasteiger partial charge in [0.25, 0.3) is 23.6 Å². The highest BCUT2D eigenvalue weighted by molar-refractivity contribution is 6.02. The molecule has 350 valence electrons. The molecule has 6 N–H and O–H groups in total. The van der Waals surface area contributed by atoms with E-state index in [2.05, 4.69) is 87.8 Å². The predicted molar refractivity (Wildman–Crippen MR) is 253 cm³/mol. The van der Waals surface area contributed by atoms with Crippen molar-refractivity contribution < 1.29 is 33.4 Å². The van der Waals surface area contributed by atoms with Gasteiger partial charge < -0.3 is 50.4 Å². The van der Waals surface area contributed by atoms with Crippen LogP contribution in [0.5, 0.6) is 5.75 Å². The number of pyridine rings is 1. The molecule has 1 atom stereocenters. The summed E-state index contributed by atoms with van der Waals surface area (Å²) >= 11 is 0. The fourth-order valence-electron chi connectivity index (χ4n) is 7.69. The first kappa shape index (κ1) is 46.4. The summed E-state index contributed by atoms with van der Waals surface area (Å²) in [6.45, 7) is 5.48. The van der Waals surface area contributed by atoms with Crippen molar-refractivity contribution in [2.75, 3.05) is 82.5 Å². The number of ether oxygens (including phenoxy) is 2. The number of rotatable bonds is 17. The summed E-state index contributed by atoms with van der Waals surface area (Å²) in [5, 5.41) is 22.1. The lowest BCUT2D eigenvalue weighted by Crippen LogP contribution is -2.49. The molecule has 19 heteroatoms. The molecule has 3 aromatic carbocycles. The van der Waals surface area contributed by atoms with Gasteiger partial charge in [0.2, 0.25) is 11.7 Å². The maximum absolute atomic E-state index is 13.0. The lowest BCUT2D eigenvalue weighted by atomic mass is 10.1. The number of likely N-dealkylation sites (N-methyl/N-ethyl adjacent to an activating group) is 1. The summed E-state index contributed by atoms with van der Waals surface area (Å²) in [6.07, 6.45) is 4.35. The van der Waals surface area contributed by atoms with Crippen LogP contribution in [0.2, 0.25) is 0 Å². The molecular weight excluding hydrogens is 869 g/mol. The minimum Gasteiger partial charge on any atom is -0.489 e. The molecule has 2 aliphatic heterocycles. The van der Waals surface area contributed by atoms with Gasteiger partial charge in [-0.05, 0) is 66.1 Å². The molecule has 3 aromatic heterocycles. The SMILES string of the molecule is CN1C(=O)[C@@H](NC(=O)c2n[nH]c(Cc3ccc(C#CC(=O)NCCOCCNC(=O)Cn4ccc5cc(C(=O)NCCc6ccc(N7CCNCC7)cc6)cnc54)cc3)n2)COc2ccccc21. The largest absolute Gasteiger partial charge is 0.489 e. The van der Waals surface area contributed by atoms with Crippen LogP contribution >= 0.6 is 0 Å². The van der Waals surface area contributed by atoms with Gasteiger partial charge in [0, 0.05) is 94.2 Å². The van der Waals surface area contributed by atoms with Gasteiger partial charge in [-0.15, -0.1) is 5.10 Å². The van der Waals surface area contributed by atoms with Crippen molar-refractivity contribution in [2.45, 2.75) is 25.4 Å². The number of nitrogens with zero attached hydrogens (tertiary/aromatic N) is 6. The summed E-state index contributed by atoms with van der Waals surface area (Å²) in [4.78, 5) is 76.4. The molecule has 2 aliphatic rings. The third-order valence-corrected chi connectivity index (χ3v) is 11.3. The number of aromatic amines is 1. The number of nitrogens with one attached hydrogen (secondary N) is 6. The number of hydrogen-bond donors (Lipinski definition) is 6. The quantitative estimate of drug-likeness (QED) is 0.0567. The zero-order valence-corrected chi connectivity index (χ0v) is 37.5. The molecule has 6 aromatic rings. The Morgan fingerprint density at radius 2 is 1.65 bits per heavy atom. The maximum atomic E-state index is 13.0. The molecule has 8 rings (SSSR count). The number of carbonyl (C=O) groups is 5. The van der Waals surface area contributed by atoms with Crippen LogP contribution in [-0.2, 0) is 38.5 Å². The van der Waals surface area contributed by atoms with Gasteiger partial charge in [0.15, 0.2) is 0 Å². The van der Waals surface area contributed by atoms with Crippen molar-refractivity contribution in [3.63, 3.8) is 0 Å². The highest BCUT2D eigenvalue weighted by Crippen LogP contribution is 2.30. The van der Waals surface area contributed by atoms with E-state index in [4.69, 9.17) is 9.47 Å². The van der Waals surface area contributed by atoms with E-state index < -0.39 is 17.9 Å². The normalized spacial score (nSPS) is 14.5. The number of hydrogen-bond acceptors (Lipinski definition) is 12. The molecule has 1 fully saturated rings. The van der Waals surface area contributed by atoms with E-state index >= 15 is 0 Å². The lowest BCUT2D eigenvalue weighted by molar-refractivity contribution is -0.122. The van der Waals surface area contributed by atoms with Crippen LogP contribution in [0.3, 0.4) is 0 Å². The highest BCUT2D eigenvalue weighted by Gasteiger charge is 2.31. The summed E-state index contributed by atoms with van der Waals surface area (Å²) in [7, 11) is 1.63. The van der Waals surface area contributed by atoms with E-state index in [0.29, 0.717) is 53.4 Å². The van der Waals surface area contributed by atoms with Crippen molar-refractivity contribution >= 4 is 51.9 Å². The fourth-order valence-corrected chi connectivity index (χ4v) is 7.69. The molecule has 5 amide bonds. The summed E-state index contributed by atoms with van der Waals surface area (Å²) in [5.74, 6) is 4.47. The van der Waals surface area contributed by atoms with Crippen LogP contribution < -0.4 is 41.1 Å². The second-order valence-corrected chi connectivity index (χ2v) is 16.1. The molecule has 0 bridgehead atoms. The number of piperazine rings is 1. The Morgan fingerprint density at radius 3 is 2.46 bits per heavy atom. The highest BCUT2D eigenvalue weighted by atomic mass is 16.5. The van der Waals surface area contributed by atoms with Crippen LogP contribution in [-0.4, -0.2) is 133 Å². The smallest absolute Gasteiger partial charge is 0.296 e. The number of anilines is 2. The minimum absolute atomic E-state index is 0.0333. The molecule has 0 spiro atoms. The Hall–Kier alpha value is -8.08. The second-order valence-electron chi connectivity index (χ2n) is 16.1. The molecule has 19 nitrogen and oxygen atoms in total. The Morgan fingerprint density at radius 1 is 0.882 bits per heavy atom. The molecule has 0 radical (unpaired) electrons. The van der Waals surface area contributed by atoms with E-state index in [1.54, 1.807) is 54.2 Å². The number of benzene rings is 3. The predicted octanol–water partition coefficient (Wildman–Crippen LogP) is 1.58. The zero-order chi connectivity index (χ0) is 47.2. The van der Waals surface area contributed by atoms with Gasteiger partial charge in [-0.25, -0.2) is 9.97 Å². The molecule has 0 aliphatic carbocycles.